The van der Waals surface area contributed by atoms with E-state index in [1.807, 2.05) is 0 Å². The third kappa shape index (κ3) is 1.62. The lowest BCUT2D eigenvalue weighted by Crippen LogP contribution is -2.10. The Morgan fingerprint density at radius 2 is 2.25 bits per heavy atom. The number of allylic oxidation sites excluding steroid dienone is 2. The summed E-state index contributed by atoms with van der Waals surface area (Å²) in [5.74, 6) is -1.50. The van der Waals surface area contributed by atoms with Crippen molar-refractivity contribution in [3.8, 4) is 0 Å². The largest absolute Gasteiger partial charge is 0.507 e. The lowest BCUT2D eigenvalue weighted by molar-refractivity contribution is -0.132. The van der Waals surface area contributed by atoms with Gasteiger partial charge in [0.05, 0.1) is 16.1 Å². The highest BCUT2D eigenvalue weighted by atomic mass is 32.1. The van der Waals surface area contributed by atoms with Crippen LogP contribution in [0.4, 0.5) is 0 Å². The van der Waals surface area contributed by atoms with Crippen LogP contribution in [0.15, 0.2) is 23.5 Å². The van der Waals surface area contributed by atoms with Gasteiger partial charge < -0.3 is 10.2 Å². The van der Waals surface area contributed by atoms with Crippen molar-refractivity contribution in [1.29, 1.82) is 0 Å². The highest BCUT2D eigenvalue weighted by molar-refractivity contribution is 7.67. The first-order valence-corrected chi connectivity index (χ1v) is 3.89. The zero-order valence-corrected chi connectivity index (χ0v) is 6.80. The van der Waals surface area contributed by atoms with Gasteiger partial charge in [-0.25, -0.2) is 9.00 Å². The van der Waals surface area contributed by atoms with E-state index in [2.05, 4.69) is 0 Å². The number of aliphatic hydroxyl groups excluding tert-OH is 1. The molecule has 1 aliphatic carbocycles. The zero-order chi connectivity index (χ0) is 9.14. The summed E-state index contributed by atoms with van der Waals surface area (Å²) in [5.41, 5.74) is -0.223. The van der Waals surface area contributed by atoms with Crippen molar-refractivity contribution in [3.63, 3.8) is 0 Å². The molecule has 0 atom stereocenters. The molecule has 0 radical (unpaired) electrons. The minimum atomic E-state index is -1.23. The maximum Gasteiger partial charge on any atom is 0.339 e. The van der Waals surface area contributed by atoms with Gasteiger partial charge in [-0.15, -0.1) is 0 Å². The molecule has 0 saturated carbocycles. The molecule has 1 rings (SSSR count). The van der Waals surface area contributed by atoms with Crippen LogP contribution in [0.5, 0.6) is 0 Å². The highest BCUT2D eigenvalue weighted by Crippen LogP contribution is 2.14. The van der Waals surface area contributed by atoms with Crippen LogP contribution in [-0.4, -0.2) is 25.3 Å². The summed E-state index contributed by atoms with van der Waals surface area (Å²) in [7, 11) is 0. The molecule has 0 aromatic rings. The van der Waals surface area contributed by atoms with Crippen LogP contribution >= 0.6 is 0 Å². The molecular formula is C7H6O4S. The van der Waals surface area contributed by atoms with Gasteiger partial charge >= 0.3 is 5.97 Å². The van der Waals surface area contributed by atoms with Crippen LogP contribution < -0.4 is 0 Å². The second-order valence-corrected chi connectivity index (χ2v) is 2.90. The lowest BCUT2D eigenvalue weighted by atomic mass is 10.1. The number of rotatable bonds is 1. The molecule has 0 spiro atoms. The van der Waals surface area contributed by atoms with E-state index in [0.717, 1.165) is 0 Å². The van der Waals surface area contributed by atoms with Gasteiger partial charge in [-0.05, 0) is 12.2 Å². The Hall–Kier alpha value is -1.36. The van der Waals surface area contributed by atoms with Crippen LogP contribution in [-0.2, 0) is 16.1 Å². The maximum atomic E-state index is 10.4. The van der Waals surface area contributed by atoms with Crippen LogP contribution in [0.2, 0.25) is 0 Å². The Morgan fingerprint density at radius 3 is 2.75 bits per heavy atom. The smallest absolute Gasteiger partial charge is 0.339 e. The average molecular weight is 186 g/mol. The molecule has 0 aliphatic heterocycles. The molecule has 1 aliphatic rings. The third-order valence-electron chi connectivity index (χ3n) is 1.42. The number of hydrogen-bond donors (Lipinski definition) is 2. The molecular weight excluding hydrogens is 180 g/mol. The monoisotopic (exact) mass is 186 g/mol. The molecule has 4 nitrogen and oxygen atoms in total. The number of carboxylic acids is 1. The summed E-state index contributed by atoms with van der Waals surface area (Å²) in [6.45, 7) is 0. The van der Waals surface area contributed by atoms with Gasteiger partial charge in [0, 0.05) is 6.42 Å². The fraction of sp³-hybridized carbons (Fsp3) is 0.143. The number of aliphatic carboxylic acids is 1. The second kappa shape index (κ2) is 3.36. The predicted octanol–water partition coefficient (Wildman–Crippen LogP) is 0.228. The Bertz CT molecular complexity index is 333. The van der Waals surface area contributed by atoms with Gasteiger partial charge in [0.15, 0.2) is 0 Å². The fourth-order valence-electron chi connectivity index (χ4n) is 0.830. The van der Waals surface area contributed by atoms with Gasteiger partial charge in [-0.3, -0.25) is 0 Å². The quantitative estimate of drug-likeness (QED) is 0.575. The molecule has 0 saturated heterocycles. The van der Waals surface area contributed by atoms with E-state index in [-0.39, 0.29) is 22.6 Å². The highest BCUT2D eigenvalue weighted by Gasteiger charge is 2.16. The Morgan fingerprint density at radius 1 is 1.58 bits per heavy atom. The van der Waals surface area contributed by atoms with Crippen molar-refractivity contribution < 1.29 is 19.2 Å². The van der Waals surface area contributed by atoms with E-state index >= 15 is 0 Å². The molecule has 0 fully saturated rings. The molecule has 0 heterocycles. The number of carbonyl (C=O) groups is 1. The van der Waals surface area contributed by atoms with Crippen LogP contribution in [0.25, 0.3) is 0 Å². The molecule has 2 N–H and O–H groups in total. The topological polar surface area (TPSA) is 74.6 Å². The lowest BCUT2D eigenvalue weighted by Gasteiger charge is -2.06. The summed E-state index contributed by atoms with van der Waals surface area (Å²) in [6, 6.07) is 0. The van der Waals surface area contributed by atoms with Gasteiger partial charge in [0.2, 0.25) is 0 Å². The van der Waals surface area contributed by atoms with E-state index in [4.69, 9.17) is 10.2 Å². The van der Waals surface area contributed by atoms with E-state index in [0.29, 0.717) is 11.3 Å². The van der Waals surface area contributed by atoms with Gasteiger partial charge in [-0.1, -0.05) is 0 Å². The van der Waals surface area contributed by atoms with E-state index in [1.165, 1.54) is 12.2 Å². The van der Waals surface area contributed by atoms with Crippen LogP contribution in [0, 0.1) is 0 Å². The van der Waals surface area contributed by atoms with Crippen molar-refractivity contribution in [2.24, 2.45) is 0 Å². The first kappa shape index (κ1) is 8.73. The molecule has 12 heavy (non-hydrogen) atoms. The molecule has 0 amide bonds. The minimum Gasteiger partial charge on any atom is -0.507 e. The van der Waals surface area contributed by atoms with Gasteiger partial charge in [-0.2, -0.15) is 0 Å². The van der Waals surface area contributed by atoms with Crippen molar-refractivity contribution in [3.05, 3.63) is 23.5 Å². The zero-order valence-electron chi connectivity index (χ0n) is 5.98. The SMILES string of the molecule is O=S=C1C=C(C(=O)O)C(O)=CC1. The van der Waals surface area contributed by atoms with Gasteiger partial charge in [0.25, 0.3) is 0 Å². The normalized spacial score (nSPS) is 16.5. The van der Waals surface area contributed by atoms with Crippen molar-refractivity contribution >= 4 is 22.1 Å². The van der Waals surface area contributed by atoms with Crippen molar-refractivity contribution in [1.82, 2.24) is 0 Å². The molecule has 5 heteroatoms. The van der Waals surface area contributed by atoms with Crippen molar-refractivity contribution in [2.75, 3.05) is 0 Å². The van der Waals surface area contributed by atoms with E-state index in [1.54, 1.807) is 0 Å². The van der Waals surface area contributed by atoms with Crippen molar-refractivity contribution in [2.45, 2.75) is 6.42 Å². The number of carboxylic acid groups (broad SMARTS) is 1. The minimum absolute atomic E-state index is 0.223. The number of aliphatic hydroxyl groups is 1. The fourth-order valence-corrected chi connectivity index (χ4v) is 1.15. The summed E-state index contributed by atoms with van der Waals surface area (Å²) in [5, 5.41) is 17.6. The average Bonchev–Trinajstić information content (AvgIpc) is 2.05. The van der Waals surface area contributed by atoms with E-state index < -0.39 is 5.97 Å². The van der Waals surface area contributed by atoms with Crippen LogP contribution in [0.3, 0.4) is 0 Å². The summed E-state index contributed by atoms with van der Waals surface area (Å²) >= 11 is 0.240. The van der Waals surface area contributed by atoms with Crippen LogP contribution in [0.1, 0.15) is 6.42 Å². The Labute approximate surface area is 71.9 Å². The number of hydrogen-bond acceptors (Lipinski definition) is 3. The molecule has 0 aromatic carbocycles. The predicted molar refractivity (Wildman–Crippen MR) is 44.2 cm³/mol. The second-order valence-electron chi connectivity index (χ2n) is 2.21. The maximum absolute atomic E-state index is 10.4. The Balaban J connectivity index is 3.10. The summed E-state index contributed by atoms with van der Waals surface area (Å²) in [4.78, 5) is 10.8. The van der Waals surface area contributed by atoms with Gasteiger partial charge in [0.1, 0.15) is 11.3 Å². The summed E-state index contributed by atoms with van der Waals surface area (Å²) < 4.78 is 10.3. The first-order chi connectivity index (χ1) is 5.65. The Kier molecular flexibility index (Phi) is 2.44. The standard InChI is InChI=1S/C7H6O4S/c8-6-2-1-4(12-11)3-5(6)7(9)10/h2-3,8H,1H2,(H,9,10). The first-order valence-electron chi connectivity index (χ1n) is 3.15. The van der Waals surface area contributed by atoms with E-state index in [9.17, 15) is 9.00 Å². The molecule has 0 bridgehead atoms. The molecule has 0 unspecified atom stereocenters. The summed E-state index contributed by atoms with van der Waals surface area (Å²) in [6.07, 6.45) is 2.80. The molecule has 64 valence electrons. The third-order valence-corrected chi connectivity index (χ3v) is 1.91. The molecule has 0 aromatic heterocycles.